The van der Waals surface area contributed by atoms with E-state index < -0.39 is 0 Å². The van der Waals surface area contributed by atoms with Crippen LogP contribution in [0, 0.1) is 4.77 Å². The normalized spacial score (nSPS) is 11.0. The van der Waals surface area contributed by atoms with Crippen molar-refractivity contribution in [2.45, 2.75) is 6.54 Å². The molecule has 6 heteroatoms. The van der Waals surface area contributed by atoms with E-state index in [0.29, 0.717) is 16.7 Å². The molecule has 3 aromatic rings. The minimum absolute atomic E-state index is 0.0828. The van der Waals surface area contributed by atoms with Crippen molar-refractivity contribution < 1.29 is 0 Å². The third kappa shape index (κ3) is 2.00. The van der Waals surface area contributed by atoms with E-state index in [0.717, 1.165) is 11.2 Å². The average Bonchev–Trinajstić information content (AvgIpc) is 2.80. The van der Waals surface area contributed by atoms with Crippen LogP contribution in [0.2, 0.25) is 0 Å². The van der Waals surface area contributed by atoms with E-state index in [2.05, 4.69) is 10.1 Å². The fourth-order valence-corrected chi connectivity index (χ4v) is 2.32. The lowest BCUT2D eigenvalue weighted by molar-refractivity contribution is 0.644. The van der Waals surface area contributed by atoms with E-state index >= 15 is 0 Å². The predicted molar refractivity (Wildman–Crippen MR) is 75.7 cm³/mol. The topological polar surface area (TPSA) is 55.6 Å². The second-order valence-corrected chi connectivity index (χ2v) is 4.70. The molecule has 0 saturated heterocycles. The van der Waals surface area contributed by atoms with E-state index in [1.54, 1.807) is 21.5 Å². The summed E-state index contributed by atoms with van der Waals surface area (Å²) in [6.45, 7) is 0.412. The van der Waals surface area contributed by atoms with Gasteiger partial charge in [0.15, 0.2) is 4.77 Å². The van der Waals surface area contributed by atoms with Crippen LogP contribution in [0.1, 0.15) is 5.69 Å². The molecule has 0 bridgehead atoms. The van der Waals surface area contributed by atoms with Gasteiger partial charge in [0.05, 0.1) is 23.1 Å². The summed E-state index contributed by atoms with van der Waals surface area (Å²) in [7, 11) is 1.84. The molecule has 3 rings (SSSR count). The lowest BCUT2D eigenvalue weighted by Gasteiger charge is -2.08. The highest BCUT2D eigenvalue weighted by Crippen LogP contribution is 2.07. The highest BCUT2D eigenvalue weighted by atomic mass is 32.1. The third-order valence-corrected chi connectivity index (χ3v) is 3.45. The van der Waals surface area contributed by atoms with Gasteiger partial charge in [-0.1, -0.05) is 12.1 Å². The monoisotopic (exact) mass is 272 g/mol. The summed E-state index contributed by atoms with van der Waals surface area (Å²) < 4.78 is 3.70. The standard InChI is InChI=1S/C13H12N4OS/c1-16-9(6-7-14-16)8-17-12(18)10-4-2-3-5-11(10)15-13(17)19/h2-7H,8H2,1H3,(H,15,19). The number of para-hydroxylation sites is 1. The number of aromatic amines is 1. The van der Waals surface area contributed by atoms with Crippen LogP contribution in [0.25, 0.3) is 10.9 Å². The molecule has 5 nitrogen and oxygen atoms in total. The zero-order valence-electron chi connectivity index (χ0n) is 10.3. The molecule has 2 aromatic heterocycles. The van der Waals surface area contributed by atoms with Crippen LogP contribution in [-0.2, 0) is 13.6 Å². The Balaban J connectivity index is 2.22. The Morgan fingerprint density at radius 3 is 2.84 bits per heavy atom. The van der Waals surface area contributed by atoms with Crippen LogP contribution in [0.3, 0.4) is 0 Å². The Hall–Kier alpha value is -2.21. The maximum atomic E-state index is 12.4. The summed E-state index contributed by atoms with van der Waals surface area (Å²) in [5, 5.41) is 4.73. The van der Waals surface area contributed by atoms with Gasteiger partial charge in [0.1, 0.15) is 0 Å². The Kier molecular flexibility index (Phi) is 2.79. The van der Waals surface area contributed by atoms with Crippen LogP contribution < -0.4 is 5.56 Å². The first-order valence-corrected chi connectivity index (χ1v) is 6.26. The molecule has 0 aliphatic rings. The molecule has 0 aliphatic carbocycles. The smallest absolute Gasteiger partial charge is 0.262 e. The molecular formula is C13H12N4OS. The lowest BCUT2D eigenvalue weighted by Crippen LogP contribution is -2.23. The molecule has 1 aromatic carbocycles. The van der Waals surface area contributed by atoms with Gasteiger partial charge in [0.2, 0.25) is 0 Å². The third-order valence-electron chi connectivity index (χ3n) is 3.13. The molecule has 0 unspecified atom stereocenters. The number of H-pyrrole nitrogens is 1. The molecule has 0 fully saturated rings. The number of aryl methyl sites for hydroxylation is 1. The minimum Gasteiger partial charge on any atom is -0.332 e. The van der Waals surface area contributed by atoms with Gasteiger partial charge >= 0.3 is 0 Å². The van der Waals surface area contributed by atoms with Gasteiger partial charge in [-0.15, -0.1) is 0 Å². The van der Waals surface area contributed by atoms with Crippen molar-refractivity contribution in [1.82, 2.24) is 19.3 Å². The van der Waals surface area contributed by atoms with Crippen molar-refractivity contribution in [3.8, 4) is 0 Å². The predicted octanol–water partition coefficient (Wildman–Crippen LogP) is 1.84. The molecule has 0 aliphatic heterocycles. The average molecular weight is 272 g/mol. The zero-order valence-corrected chi connectivity index (χ0v) is 11.1. The molecule has 0 spiro atoms. The Morgan fingerprint density at radius 2 is 2.11 bits per heavy atom. The number of nitrogens with zero attached hydrogens (tertiary/aromatic N) is 3. The Bertz CT molecular complexity index is 859. The largest absolute Gasteiger partial charge is 0.332 e. The number of hydrogen-bond donors (Lipinski definition) is 1. The van der Waals surface area contributed by atoms with Crippen molar-refractivity contribution in [3.63, 3.8) is 0 Å². The quantitative estimate of drug-likeness (QED) is 0.724. The summed E-state index contributed by atoms with van der Waals surface area (Å²) in [5.74, 6) is 0. The number of fused-ring (bicyclic) bond motifs is 1. The van der Waals surface area contributed by atoms with Crippen LogP contribution in [-0.4, -0.2) is 19.3 Å². The number of hydrogen-bond acceptors (Lipinski definition) is 3. The van der Waals surface area contributed by atoms with E-state index in [1.807, 2.05) is 31.3 Å². The second kappa shape index (κ2) is 4.47. The maximum absolute atomic E-state index is 12.4. The molecule has 0 atom stereocenters. The first-order valence-electron chi connectivity index (χ1n) is 5.85. The highest BCUT2D eigenvalue weighted by Gasteiger charge is 2.07. The molecule has 0 saturated carbocycles. The van der Waals surface area contributed by atoms with E-state index in [9.17, 15) is 4.79 Å². The summed E-state index contributed by atoms with van der Waals surface area (Å²) in [6, 6.07) is 9.23. The first-order chi connectivity index (χ1) is 9.16. The maximum Gasteiger partial charge on any atom is 0.262 e. The van der Waals surface area contributed by atoms with Crippen LogP contribution in [0.5, 0.6) is 0 Å². The van der Waals surface area contributed by atoms with Gasteiger partial charge in [0.25, 0.3) is 5.56 Å². The molecule has 0 amide bonds. The minimum atomic E-state index is -0.0828. The number of aromatic nitrogens is 4. The summed E-state index contributed by atoms with van der Waals surface area (Å²) >= 11 is 5.26. The fraction of sp³-hybridized carbons (Fsp3) is 0.154. The van der Waals surface area contributed by atoms with E-state index in [4.69, 9.17) is 12.2 Å². The first kappa shape index (κ1) is 11.9. The molecule has 19 heavy (non-hydrogen) atoms. The molecule has 2 heterocycles. The number of nitrogens with one attached hydrogen (secondary N) is 1. The summed E-state index contributed by atoms with van der Waals surface area (Å²) in [4.78, 5) is 15.5. The van der Waals surface area contributed by atoms with Gasteiger partial charge in [0, 0.05) is 13.2 Å². The van der Waals surface area contributed by atoms with Gasteiger partial charge in [-0.2, -0.15) is 5.10 Å². The second-order valence-electron chi connectivity index (χ2n) is 4.31. The Labute approximate surface area is 114 Å². The summed E-state index contributed by atoms with van der Waals surface area (Å²) in [6.07, 6.45) is 1.70. The lowest BCUT2D eigenvalue weighted by atomic mass is 10.2. The van der Waals surface area contributed by atoms with Crippen molar-refractivity contribution in [1.29, 1.82) is 0 Å². The van der Waals surface area contributed by atoms with Gasteiger partial charge in [-0.05, 0) is 30.4 Å². The van der Waals surface area contributed by atoms with Crippen molar-refractivity contribution in [2.24, 2.45) is 7.05 Å². The fourth-order valence-electron chi connectivity index (χ4n) is 2.06. The van der Waals surface area contributed by atoms with Crippen molar-refractivity contribution in [3.05, 3.63) is 57.3 Å². The Morgan fingerprint density at radius 1 is 1.32 bits per heavy atom. The van der Waals surface area contributed by atoms with Gasteiger partial charge in [-0.25, -0.2) is 0 Å². The van der Waals surface area contributed by atoms with Crippen LogP contribution in [0.15, 0.2) is 41.3 Å². The SMILES string of the molecule is Cn1nccc1Cn1c(=S)[nH]c2ccccc2c1=O. The van der Waals surface area contributed by atoms with Gasteiger partial charge < -0.3 is 4.98 Å². The van der Waals surface area contributed by atoms with Crippen LogP contribution in [0.4, 0.5) is 0 Å². The zero-order chi connectivity index (χ0) is 13.4. The van der Waals surface area contributed by atoms with Crippen molar-refractivity contribution in [2.75, 3.05) is 0 Å². The molecule has 0 radical (unpaired) electrons. The number of rotatable bonds is 2. The van der Waals surface area contributed by atoms with E-state index in [-0.39, 0.29) is 5.56 Å². The van der Waals surface area contributed by atoms with Crippen LogP contribution >= 0.6 is 12.2 Å². The van der Waals surface area contributed by atoms with Crippen molar-refractivity contribution >= 4 is 23.1 Å². The summed E-state index contributed by atoms with van der Waals surface area (Å²) in [5.41, 5.74) is 1.61. The highest BCUT2D eigenvalue weighted by molar-refractivity contribution is 7.71. The molecular weight excluding hydrogens is 260 g/mol. The van der Waals surface area contributed by atoms with E-state index in [1.165, 1.54) is 0 Å². The number of benzene rings is 1. The van der Waals surface area contributed by atoms with Gasteiger partial charge in [-0.3, -0.25) is 14.0 Å². The molecule has 96 valence electrons. The molecule has 1 N–H and O–H groups in total.